The molecule has 0 amide bonds. The lowest BCUT2D eigenvalue weighted by Crippen LogP contribution is -2.03. The number of nitriles is 1. The van der Waals surface area contributed by atoms with E-state index in [9.17, 15) is 4.79 Å². The van der Waals surface area contributed by atoms with Crippen molar-refractivity contribution in [3.05, 3.63) is 32.4 Å². The second-order valence-electron chi connectivity index (χ2n) is 2.59. The lowest BCUT2D eigenvalue weighted by atomic mass is 10.1. The first kappa shape index (κ1) is 9.99. The van der Waals surface area contributed by atoms with Crippen LogP contribution in [0.2, 0.25) is 0 Å². The molecule has 1 aromatic carbocycles. The van der Waals surface area contributed by atoms with Gasteiger partial charge in [0.25, 0.3) is 0 Å². The fourth-order valence-corrected chi connectivity index (χ4v) is 2.06. The van der Waals surface area contributed by atoms with E-state index in [4.69, 9.17) is 10.4 Å². The number of benzene rings is 1. The molecule has 0 radical (unpaired) electrons. The molecule has 0 unspecified atom stereocenters. The summed E-state index contributed by atoms with van der Waals surface area (Å²) in [6, 6.07) is 5.19. The van der Waals surface area contributed by atoms with E-state index >= 15 is 0 Å². The smallest absolute Gasteiger partial charge is 0.338 e. The van der Waals surface area contributed by atoms with Crippen LogP contribution in [0, 0.1) is 21.8 Å². The summed E-state index contributed by atoms with van der Waals surface area (Å²) in [5.41, 5.74) is 1.21. The van der Waals surface area contributed by atoms with Crippen molar-refractivity contribution in [2.24, 2.45) is 0 Å². The van der Waals surface area contributed by atoms with Gasteiger partial charge < -0.3 is 5.11 Å². The van der Waals surface area contributed by atoms with Crippen molar-refractivity contribution in [3.63, 3.8) is 0 Å². The average molecular weight is 287 g/mol. The molecule has 0 spiro atoms. The van der Waals surface area contributed by atoms with E-state index in [1.807, 2.05) is 35.6 Å². The number of carbonyl (C=O) groups is 1. The summed E-state index contributed by atoms with van der Waals surface area (Å²) in [6.07, 6.45) is 0. The Balaban J connectivity index is 3.50. The van der Waals surface area contributed by atoms with Crippen molar-refractivity contribution in [1.82, 2.24) is 0 Å². The number of carboxylic acid groups (broad SMARTS) is 1. The maximum atomic E-state index is 10.8. The summed E-state index contributed by atoms with van der Waals surface area (Å²) in [7, 11) is 0. The monoisotopic (exact) mass is 287 g/mol. The maximum Gasteiger partial charge on any atom is 0.338 e. The minimum absolute atomic E-state index is 0.0914. The van der Waals surface area contributed by atoms with Gasteiger partial charge in [0, 0.05) is 3.57 Å². The van der Waals surface area contributed by atoms with Gasteiger partial charge in [-0.2, -0.15) is 5.26 Å². The highest BCUT2D eigenvalue weighted by atomic mass is 127. The van der Waals surface area contributed by atoms with Crippen LogP contribution < -0.4 is 0 Å². The van der Waals surface area contributed by atoms with Crippen molar-refractivity contribution >= 4 is 28.6 Å². The molecule has 0 saturated heterocycles. The molecule has 0 saturated carbocycles. The molecule has 1 rings (SSSR count). The molecule has 0 aromatic heterocycles. The highest BCUT2D eigenvalue weighted by molar-refractivity contribution is 14.1. The van der Waals surface area contributed by atoms with E-state index in [1.165, 1.54) is 0 Å². The van der Waals surface area contributed by atoms with E-state index in [2.05, 4.69) is 0 Å². The number of halogens is 1. The van der Waals surface area contributed by atoms with Crippen molar-refractivity contribution in [1.29, 1.82) is 5.26 Å². The molecule has 66 valence electrons. The van der Waals surface area contributed by atoms with Gasteiger partial charge in [0.1, 0.15) is 6.07 Å². The number of hydrogen-bond donors (Lipinski definition) is 1. The Morgan fingerprint density at radius 3 is 2.69 bits per heavy atom. The van der Waals surface area contributed by atoms with Gasteiger partial charge in [0.05, 0.1) is 11.1 Å². The Morgan fingerprint density at radius 2 is 2.23 bits per heavy atom. The summed E-state index contributed by atoms with van der Waals surface area (Å²) in [4.78, 5) is 10.8. The third-order valence-corrected chi connectivity index (χ3v) is 2.42. The number of nitrogens with zero attached hydrogens (tertiary/aromatic N) is 1. The summed E-state index contributed by atoms with van der Waals surface area (Å²) >= 11 is 1.92. The van der Waals surface area contributed by atoms with Crippen molar-refractivity contribution in [2.75, 3.05) is 0 Å². The van der Waals surface area contributed by atoms with E-state index in [0.717, 1.165) is 5.56 Å². The molecule has 0 aliphatic carbocycles. The lowest BCUT2D eigenvalue weighted by Gasteiger charge is -2.02. The van der Waals surface area contributed by atoms with E-state index in [1.54, 1.807) is 12.1 Å². The van der Waals surface area contributed by atoms with Crippen LogP contribution in [0.4, 0.5) is 0 Å². The predicted molar refractivity (Wildman–Crippen MR) is 55.6 cm³/mol. The number of hydrogen-bond acceptors (Lipinski definition) is 2. The summed E-state index contributed by atoms with van der Waals surface area (Å²) in [5.74, 6) is -1.05. The van der Waals surface area contributed by atoms with Gasteiger partial charge in [-0.1, -0.05) is 0 Å². The van der Waals surface area contributed by atoms with Crippen LogP contribution in [-0.4, -0.2) is 11.1 Å². The maximum absolute atomic E-state index is 10.8. The Hall–Kier alpha value is -1.09. The Morgan fingerprint density at radius 1 is 1.62 bits per heavy atom. The molecule has 0 aliphatic rings. The number of aromatic carboxylic acids is 1. The highest BCUT2D eigenvalue weighted by Gasteiger charge is 2.14. The molecular formula is C9H6INO2. The minimum atomic E-state index is -1.05. The van der Waals surface area contributed by atoms with Gasteiger partial charge in [0.2, 0.25) is 0 Å². The SMILES string of the molecule is Cc1cc(I)c(C(=O)O)c(C#N)c1. The van der Waals surface area contributed by atoms with Crippen LogP contribution in [0.15, 0.2) is 12.1 Å². The summed E-state index contributed by atoms with van der Waals surface area (Å²) in [6.45, 7) is 1.83. The molecule has 0 aliphatic heterocycles. The standard InChI is InChI=1S/C9H6INO2/c1-5-2-6(4-11)8(9(12)13)7(10)3-5/h2-3H,1H3,(H,12,13). The van der Waals surface area contributed by atoms with Crippen LogP contribution in [0.3, 0.4) is 0 Å². The second kappa shape index (κ2) is 3.75. The summed E-state index contributed by atoms with van der Waals surface area (Å²) in [5, 5.41) is 17.5. The molecule has 4 heteroatoms. The van der Waals surface area contributed by atoms with Gasteiger partial charge in [0.15, 0.2) is 0 Å². The number of carboxylic acids is 1. The van der Waals surface area contributed by atoms with Crippen LogP contribution in [0.25, 0.3) is 0 Å². The Bertz CT molecular complexity index is 407. The van der Waals surface area contributed by atoms with Crippen LogP contribution in [-0.2, 0) is 0 Å². The molecule has 1 aromatic rings. The average Bonchev–Trinajstić information content (AvgIpc) is 2.01. The zero-order valence-electron chi connectivity index (χ0n) is 6.84. The topological polar surface area (TPSA) is 61.1 Å². The van der Waals surface area contributed by atoms with Gasteiger partial charge in [-0.15, -0.1) is 0 Å². The van der Waals surface area contributed by atoms with Gasteiger partial charge in [-0.05, 0) is 47.2 Å². The van der Waals surface area contributed by atoms with Crippen LogP contribution in [0.5, 0.6) is 0 Å². The van der Waals surface area contributed by atoms with E-state index in [0.29, 0.717) is 3.57 Å². The van der Waals surface area contributed by atoms with Crippen LogP contribution in [0.1, 0.15) is 21.5 Å². The molecule has 0 bridgehead atoms. The second-order valence-corrected chi connectivity index (χ2v) is 3.75. The molecule has 13 heavy (non-hydrogen) atoms. The van der Waals surface area contributed by atoms with Crippen LogP contribution >= 0.6 is 22.6 Å². The first-order chi connectivity index (χ1) is 6.06. The lowest BCUT2D eigenvalue weighted by molar-refractivity contribution is 0.0695. The minimum Gasteiger partial charge on any atom is -0.478 e. The quantitative estimate of drug-likeness (QED) is 0.805. The fraction of sp³-hybridized carbons (Fsp3) is 0.111. The molecule has 3 nitrogen and oxygen atoms in total. The van der Waals surface area contributed by atoms with Gasteiger partial charge in [-0.25, -0.2) is 4.79 Å². The van der Waals surface area contributed by atoms with Crippen molar-refractivity contribution < 1.29 is 9.90 Å². The predicted octanol–water partition coefficient (Wildman–Crippen LogP) is 2.17. The Kier molecular flexibility index (Phi) is 2.88. The zero-order chi connectivity index (χ0) is 10.0. The van der Waals surface area contributed by atoms with E-state index in [-0.39, 0.29) is 11.1 Å². The van der Waals surface area contributed by atoms with E-state index < -0.39 is 5.97 Å². The number of rotatable bonds is 1. The van der Waals surface area contributed by atoms with Gasteiger partial charge >= 0.3 is 5.97 Å². The normalized spacial score (nSPS) is 9.31. The van der Waals surface area contributed by atoms with Gasteiger partial charge in [-0.3, -0.25) is 0 Å². The first-order valence-electron chi connectivity index (χ1n) is 3.50. The third kappa shape index (κ3) is 1.98. The Labute approximate surface area is 89.1 Å². The molecule has 1 N–H and O–H groups in total. The summed E-state index contributed by atoms with van der Waals surface area (Å²) < 4.78 is 0.599. The third-order valence-electron chi connectivity index (χ3n) is 1.57. The molecule has 0 atom stereocenters. The fourth-order valence-electron chi connectivity index (χ4n) is 1.05. The molecule has 0 heterocycles. The molecule has 0 fully saturated rings. The highest BCUT2D eigenvalue weighted by Crippen LogP contribution is 2.18. The van der Waals surface area contributed by atoms with Crippen molar-refractivity contribution in [3.8, 4) is 6.07 Å². The first-order valence-corrected chi connectivity index (χ1v) is 4.57. The molecular weight excluding hydrogens is 281 g/mol. The largest absolute Gasteiger partial charge is 0.478 e. The number of aryl methyl sites for hydroxylation is 1. The zero-order valence-corrected chi connectivity index (χ0v) is 8.99. The van der Waals surface area contributed by atoms with Crippen molar-refractivity contribution in [2.45, 2.75) is 6.92 Å².